The monoisotopic (exact) mass is 322 g/mol. The molecule has 0 saturated carbocycles. The summed E-state index contributed by atoms with van der Waals surface area (Å²) in [7, 11) is 1.50. The molecule has 3 rings (SSSR count). The summed E-state index contributed by atoms with van der Waals surface area (Å²) in [6.07, 6.45) is 1.03. The van der Waals surface area contributed by atoms with Crippen molar-refractivity contribution >= 4 is 23.2 Å². The maximum atomic E-state index is 11.3. The number of hydrogen-bond donors (Lipinski definition) is 2. The SMILES string of the molecule is COC(Cc1c(Cl)ccc2ncc(C(=O)O)n12)c1nn[nH]n1. The average molecular weight is 323 g/mol. The Morgan fingerprint density at radius 2 is 2.36 bits per heavy atom. The molecule has 3 aromatic heterocycles. The molecule has 0 amide bonds. The summed E-state index contributed by atoms with van der Waals surface area (Å²) < 4.78 is 6.84. The predicted molar refractivity (Wildman–Crippen MR) is 74.8 cm³/mol. The third kappa shape index (κ3) is 2.40. The number of halogens is 1. The van der Waals surface area contributed by atoms with Gasteiger partial charge in [0.05, 0.1) is 11.2 Å². The number of imidazole rings is 1. The Kier molecular flexibility index (Phi) is 3.73. The second-order valence-corrected chi connectivity index (χ2v) is 4.88. The topological polar surface area (TPSA) is 118 Å². The van der Waals surface area contributed by atoms with Gasteiger partial charge in [0, 0.05) is 19.2 Å². The molecule has 22 heavy (non-hydrogen) atoms. The fourth-order valence-corrected chi connectivity index (χ4v) is 2.44. The number of carbonyl (C=O) groups is 1. The van der Waals surface area contributed by atoms with Gasteiger partial charge in [0.1, 0.15) is 11.8 Å². The first kappa shape index (κ1) is 14.4. The zero-order valence-electron chi connectivity index (χ0n) is 11.4. The average Bonchev–Trinajstić information content (AvgIpc) is 3.15. The summed E-state index contributed by atoms with van der Waals surface area (Å²) in [5.41, 5.74) is 1.06. The molecule has 0 aliphatic heterocycles. The molecule has 0 aliphatic carbocycles. The number of aromatic carboxylic acids is 1. The van der Waals surface area contributed by atoms with Gasteiger partial charge >= 0.3 is 5.97 Å². The molecule has 9 nitrogen and oxygen atoms in total. The highest BCUT2D eigenvalue weighted by Crippen LogP contribution is 2.26. The molecule has 0 fully saturated rings. The Balaban J connectivity index is 2.11. The minimum atomic E-state index is -1.09. The number of H-pyrrole nitrogens is 1. The minimum absolute atomic E-state index is 0.0236. The van der Waals surface area contributed by atoms with Crippen LogP contribution in [0, 0.1) is 0 Å². The number of carboxylic acid groups (broad SMARTS) is 1. The first-order valence-corrected chi connectivity index (χ1v) is 6.64. The van der Waals surface area contributed by atoms with E-state index < -0.39 is 12.1 Å². The number of carboxylic acids is 1. The molecule has 10 heteroatoms. The van der Waals surface area contributed by atoms with Gasteiger partial charge in [0.15, 0.2) is 5.69 Å². The lowest BCUT2D eigenvalue weighted by atomic mass is 10.1. The number of aromatic nitrogens is 6. The fourth-order valence-electron chi connectivity index (χ4n) is 2.22. The second kappa shape index (κ2) is 5.70. The molecule has 114 valence electrons. The Morgan fingerprint density at radius 3 is 3.00 bits per heavy atom. The van der Waals surface area contributed by atoms with Crippen LogP contribution in [0.15, 0.2) is 18.3 Å². The quantitative estimate of drug-likeness (QED) is 0.722. The maximum Gasteiger partial charge on any atom is 0.354 e. The molecular formula is C12H11ClN6O3. The molecule has 0 radical (unpaired) electrons. The molecule has 0 aliphatic rings. The number of ether oxygens (including phenoxy) is 1. The zero-order chi connectivity index (χ0) is 15.7. The normalized spacial score (nSPS) is 12.6. The molecule has 0 bridgehead atoms. The van der Waals surface area contributed by atoms with E-state index in [1.54, 1.807) is 12.1 Å². The van der Waals surface area contributed by atoms with Crippen molar-refractivity contribution in [1.82, 2.24) is 30.0 Å². The van der Waals surface area contributed by atoms with E-state index in [0.717, 1.165) is 0 Å². The highest BCUT2D eigenvalue weighted by atomic mass is 35.5. The zero-order valence-corrected chi connectivity index (χ0v) is 12.2. The van der Waals surface area contributed by atoms with Crippen LogP contribution >= 0.6 is 11.6 Å². The number of tetrazole rings is 1. The fraction of sp³-hybridized carbons (Fsp3) is 0.250. The van der Waals surface area contributed by atoms with Gasteiger partial charge in [0.25, 0.3) is 0 Å². The molecule has 3 heterocycles. The molecular weight excluding hydrogens is 312 g/mol. The van der Waals surface area contributed by atoms with Crippen molar-refractivity contribution in [2.45, 2.75) is 12.5 Å². The number of aromatic amines is 1. The molecule has 1 atom stereocenters. The highest BCUT2D eigenvalue weighted by Gasteiger charge is 2.22. The summed E-state index contributed by atoms with van der Waals surface area (Å²) in [5, 5.41) is 23.3. The van der Waals surface area contributed by atoms with E-state index in [1.165, 1.54) is 17.7 Å². The van der Waals surface area contributed by atoms with E-state index in [1.807, 2.05) is 0 Å². The number of nitrogens with zero attached hydrogens (tertiary/aromatic N) is 5. The third-order valence-corrected chi connectivity index (χ3v) is 3.59. The van der Waals surface area contributed by atoms with E-state index in [0.29, 0.717) is 22.2 Å². The van der Waals surface area contributed by atoms with E-state index in [9.17, 15) is 9.90 Å². The number of methoxy groups -OCH3 is 1. The second-order valence-electron chi connectivity index (χ2n) is 4.47. The van der Waals surface area contributed by atoms with Crippen molar-refractivity contribution in [3.05, 3.63) is 40.6 Å². The summed E-state index contributed by atoms with van der Waals surface area (Å²) in [4.78, 5) is 15.4. The molecule has 0 spiro atoms. The number of nitrogens with one attached hydrogen (secondary N) is 1. The van der Waals surface area contributed by atoms with Crippen LogP contribution in [0.4, 0.5) is 0 Å². The molecule has 0 saturated heterocycles. The summed E-state index contributed by atoms with van der Waals surface area (Å²) in [6, 6.07) is 3.31. The number of pyridine rings is 1. The van der Waals surface area contributed by atoms with Crippen LogP contribution in [0.5, 0.6) is 0 Å². The summed E-state index contributed by atoms with van der Waals surface area (Å²) >= 11 is 6.24. The van der Waals surface area contributed by atoms with Gasteiger partial charge in [-0.2, -0.15) is 5.21 Å². The van der Waals surface area contributed by atoms with Gasteiger partial charge in [-0.25, -0.2) is 9.78 Å². The van der Waals surface area contributed by atoms with Crippen molar-refractivity contribution < 1.29 is 14.6 Å². The smallest absolute Gasteiger partial charge is 0.354 e. The summed E-state index contributed by atoms with van der Waals surface area (Å²) in [5.74, 6) is -0.739. The van der Waals surface area contributed by atoms with Crippen LogP contribution in [0.25, 0.3) is 5.65 Å². The molecule has 3 aromatic rings. The van der Waals surface area contributed by atoms with E-state index in [-0.39, 0.29) is 12.1 Å². The van der Waals surface area contributed by atoms with E-state index in [2.05, 4.69) is 25.6 Å². The van der Waals surface area contributed by atoms with Crippen LogP contribution < -0.4 is 0 Å². The van der Waals surface area contributed by atoms with Crippen LogP contribution in [0.3, 0.4) is 0 Å². The number of fused-ring (bicyclic) bond motifs is 1. The standard InChI is InChI=1S/C12H11ClN6O3/c1-22-9(11-15-17-18-16-11)4-7-6(13)2-3-10-14-5-8(12(20)21)19(7)10/h2-3,5,9H,4H2,1H3,(H,20,21)(H,15,16,17,18). The van der Waals surface area contributed by atoms with Crippen LogP contribution in [0.2, 0.25) is 5.02 Å². The van der Waals surface area contributed by atoms with Crippen LogP contribution in [-0.4, -0.2) is 48.2 Å². The van der Waals surface area contributed by atoms with Crippen molar-refractivity contribution in [3.8, 4) is 0 Å². The van der Waals surface area contributed by atoms with Crippen LogP contribution in [0.1, 0.15) is 28.1 Å². The first-order chi connectivity index (χ1) is 10.6. The Bertz CT molecular complexity index is 816. The lowest BCUT2D eigenvalue weighted by Crippen LogP contribution is -2.13. The maximum absolute atomic E-state index is 11.3. The lowest BCUT2D eigenvalue weighted by Gasteiger charge is -2.15. The largest absolute Gasteiger partial charge is 0.477 e. The highest BCUT2D eigenvalue weighted by molar-refractivity contribution is 6.31. The first-order valence-electron chi connectivity index (χ1n) is 6.26. The van der Waals surface area contributed by atoms with Crippen molar-refractivity contribution in [3.63, 3.8) is 0 Å². The van der Waals surface area contributed by atoms with Crippen molar-refractivity contribution in [1.29, 1.82) is 0 Å². The molecule has 1 unspecified atom stereocenters. The Morgan fingerprint density at radius 1 is 1.55 bits per heavy atom. The van der Waals surface area contributed by atoms with Crippen LogP contribution in [-0.2, 0) is 11.2 Å². The van der Waals surface area contributed by atoms with E-state index in [4.69, 9.17) is 16.3 Å². The number of rotatable bonds is 5. The van der Waals surface area contributed by atoms with Gasteiger partial charge in [-0.15, -0.1) is 10.2 Å². The minimum Gasteiger partial charge on any atom is -0.477 e. The lowest BCUT2D eigenvalue weighted by molar-refractivity contribution is 0.0687. The van der Waals surface area contributed by atoms with Gasteiger partial charge in [-0.05, 0) is 12.1 Å². The Hall–Kier alpha value is -2.52. The Labute approximate surface area is 128 Å². The van der Waals surface area contributed by atoms with Gasteiger partial charge in [-0.1, -0.05) is 16.8 Å². The van der Waals surface area contributed by atoms with Gasteiger partial charge < -0.3 is 9.84 Å². The number of hydrogen-bond acceptors (Lipinski definition) is 6. The molecule has 2 N–H and O–H groups in total. The van der Waals surface area contributed by atoms with Gasteiger partial charge in [0.2, 0.25) is 5.82 Å². The van der Waals surface area contributed by atoms with E-state index >= 15 is 0 Å². The summed E-state index contributed by atoms with van der Waals surface area (Å²) in [6.45, 7) is 0. The van der Waals surface area contributed by atoms with Gasteiger partial charge in [-0.3, -0.25) is 4.40 Å². The third-order valence-electron chi connectivity index (χ3n) is 3.25. The van der Waals surface area contributed by atoms with Crippen molar-refractivity contribution in [2.75, 3.05) is 7.11 Å². The predicted octanol–water partition coefficient (Wildman–Crippen LogP) is 1.13. The molecule has 0 aromatic carbocycles. The van der Waals surface area contributed by atoms with Crippen molar-refractivity contribution in [2.24, 2.45) is 0 Å².